The Kier molecular flexibility index (Phi) is 3.52. The van der Waals surface area contributed by atoms with Crippen LogP contribution in [0.15, 0.2) is 60.2 Å². The molecule has 0 heterocycles. The highest BCUT2D eigenvalue weighted by molar-refractivity contribution is 6.08. The summed E-state index contributed by atoms with van der Waals surface area (Å²) in [5.41, 5.74) is 3.45. The van der Waals surface area contributed by atoms with Crippen molar-refractivity contribution in [1.82, 2.24) is 0 Å². The summed E-state index contributed by atoms with van der Waals surface area (Å²) in [6.45, 7) is 8.36. The largest absolute Gasteiger partial charge is 0.294 e. The molecule has 2 aromatic rings. The molecule has 0 saturated carbocycles. The lowest BCUT2D eigenvalue weighted by atomic mass is 9.76. The summed E-state index contributed by atoms with van der Waals surface area (Å²) in [5.74, 6) is 0.337. The molecular formula is C21H22O. The van der Waals surface area contributed by atoms with E-state index in [1.165, 1.54) is 5.57 Å². The van der Waals surface area contributed by atoms with E-state index in [1.807, 2.05) is 12.1 Å². The summed E-state index contributed by atoms with van der Waals surface area (Å²) in [6.07, 6.45) is 6.52. The number of benzene rings is 2. The number of rotatable bonds is 2. The highest BCUT2D eigenvalue weighted by Gasteiger charge is 2.29. The van der Waals surface area contributed by atoms with E-state index in [4.69, 9.17) is 0 Å². The van der Waals surface area contributed by atoms with Gasteiger partial charge in [-0.15, -0.1) is 0 Å². The first-order valence-corrected chi connectivity index (χ1v) is 7.81. The first-order chi connectivity index (χ1) is 10.4. The Labute approximate surface area is 132 Å². The number of carbonyl (C=O) groups is 1. The molecule has 1 heteroatoms. The number of carbonyl (C=O) groups excluding carboxylic acids is 1. The van der Waals surface area contributed by atoms with Crippen LogP contribution in [0, 0.1) is 5.41 Å². The molecule has 1 aliphatic rings. The molecule has 112 valence electrons. The molecule has 3 rings (SSSR count). The SMILES string of the molecule is CC(=O)c1c(C2C=CC=C2C(C)(C)C)ccc2ccccc12. The monoisotopic (exact) mass is 290 g/mol. The van der Waals surface area contributed by atoms with Crippen LogP contribution in [-0.2, 0) is 0 Å². The van der Waals surface area contributed by atoms with Crippen molar-refractivity contribution in [3.63, 3.8) is 0 Å². The van der Waals surface area contributed by atoms with Crippen molar-refractivity contribution in [3.8, 4) is 0 Å². The molecule has 2 aromatic carbocycles. The fourth-order valence-corrected chi connectivity index (χ4v) is 3.41. The maximum Gasteiger partial charge on any atom is 0.160 e. The minimum Gasteiger partial charge on any atom is -0.294 e. The van der Waals surface area contributed by atoms with Crippen molar-refractivity contribution in [2.24, 2.45) is 5.41 Å². The fourth-order valence-electron chi connectivity index (χ4n) is 3.41. The van der Waals surface area contributed by atoms with Crippen molar-refractivity contribution in [2.75, 3.05) is 0 Å². The molecule has 0 spiro atoms. The van der Waals surface area contributed by atoms with Crippen LogP contribution in [0.5, 0.6) is 0 Å². The van der Waals surface area contributed by atoms with Gasteiger partial charge in [-0.05, 0) is 28.7 Å². The molecule has 0 bridgehead atoms. The third-order valence-electron chi connectivity index (χ3n) is 4.43. The van der Waals surface area contributed by atoms with Gasteiger partial charge in [-0.25, -0.2) is 0 Å². The molecule has 0 fully saturated rings. The Morgan fingerprint density at radius 2 is 1.77 bits per heavy atom. The van der Waals surface area contributed by atoms with Gasteiger partial charge in [0.15, 0.2) is 5.78 Å². The lowest BCUT2D eigenvalue weighted by Gasteiger charge is -2.28. The number of Topliss-reactive ketones (excluding diaryl/α,β-unsaturated/α-hetero) is 1. The number of ketones is 1. The molecule has 0 radical (unpaired) electrons. The Hall–Kier alpha value is -2.15. The predicted molar refractivity (Wildman–Crippen MR) is 93.4 cm³/mol. The van der Waals surface area contributed by atoms with E-state index >= 15 is 0 Å². The molecular weight excluding hydrogens is 268 g/mol. The molecule has 0 aromatic heterocycles. The van der Waals surface area contributed by atoms with E-state index in [0.717, 1.165) is 21.9 Å². The Morgan fingerprint density at radius 1 is 1.05 bits per heavy atom. The second-order valence-corrected chi connectivity index (χ2v) is 7.04. The molecule has 0 amide bonds. The number of allylic oxidation sites excluding steroid dienone is 4. The van der Waals surface area contributed by atoms with Gasteiger partial charge in [0.2, 0.25) is 0 Å². The zero-order valence-electron chi connectivity index (χ0n) is 13.7. The standard InChI is InChI=1S/C21H22O/c1-14(22)20-16-9-6-5-8-15(16)12-13-18(20)17-10-7-11-19(17)21(2,3)4/h5-13,17H,1-4H3. The zero-order chi connectivity index (χ0) is 15.9. The topological polar surface area (TPSA) is 17.1 Å². The molecule has 1 atom stereocenters. The molecule has 1 nitrogen and oxygen atoms in total. The second kappa shape index (κ2) is 5.24. The first-order valence-electron chi connectivity index (χ1n) is 7.81. The van der Waals surface area contributed by atoms with Crippen LogP contribution in [0.4, 0.5) is 0 Å². The van der Waals surface area contributed by atoms with Crippen molar-refractivity contribution in [2.45, 2.75) is 33.6 Å². The predicted octanol–water partition coefficient (Wildman–Crippen LogP) is 5.67. The van der Waals surface area contributed by atoms with E-state index in [-0.39, 0.29) is 17.1 Å². The fraction of sp³-hybridized carbons (Fsp3) is 0.286. The normalized spacial score (nSPS) is 17.8. The van der Waals surface area contributed by atoms with Crippen LogP contribution in [0.25, 0.3) is 10.8 Å². The third-order valence-corrected chi connectivity index (χ3v) is 4.43. The minimum atomic E-state index is 0.0911. The summed E-state index contributed by atoms with van der Waals surface area (Å²) in [4.78, 5) is 12.3. The van der Waals surface area contributed by atoms with Gasteiger partial charge in [0, 0.05) is 11.5 Å². The van der Waals surface area contributed by atoms with Crippen LogP contribution < -0.4 is 0 Å². The first kappa shape index (κ1) is 14.8. The van der Waals surface area contributed by atoms with Gasteiger partial charge < -0.3 is 0 Å². The van der Waals surface area contributed by atoms with Crippen molar-refractivity contribution >= 4 is 16.6 Å². The van der Waals surface area contributed by atoms with Gasteiger partial charge in [0.1, 0.15) is 0 Å². The molecule has 1 unspecified atom stereocenters. The van der Waals surface area contributed by atoms with Crippen molar-refractivity contribution < 1.29 is 4.79 Å². The summed E-state index contributed by atoms with van der Waals surface area (Å²) >= 11 is 0. The highest BCUT2D eigenvalue weighted by Crippen LogP contribution is 2.43. The van der Waals surface area contributed by atoms with Gasteiger partial charge in [-0.1, -0.05) is 81.0 Å². The van der Waals surface area contributed by atoms with Gasteiger partial charge in [-0.2, -0.15) is 0 Å². The van der Waals surface area contributed by atoms with Crippen molar-refractivity contribution in [3.05, 3.63) is 71.3 Å². The van der Waals surface area contributed by atoms with Crippen LogP contribution in [0.1, 0.15) is 49.5 Å². The smallest absolute Gasteiger partial charge is 0.160 e. The van der Waals surface area contributed by atoms with E-state index < -0.39 is 0 Å². The Morgan fingerprint density at radius 3 is 2.45 bits per heavy atom. The summed E-state index contributed by atoms with van der Waals surface area (Å²) in [7, 11) is 0. The lowest BCUT2D eigenvalue weighted by Crippen LogP contribution is -2.16. The third kappa shape index (κ3) is 2.41. The summed E-state index contributed by atoms with van der Waals surface area (Å²) in [5, 5.41) is 2.18. The van der Waals surface area contributed by atoms with Gasteiger partial charge in [-0.3, -0.25) is 4.79 Å². The van der Waals surface area contributed by atoms with Crippen molar-refractivity contribution in [1.29, 1.82) is 0 Å². The van der Waals surface area contributed by atoms with E-state index in [1.54, 1.807) is 6.92 Å². The number of fused-ring (bicyclic) bond motifs is 1. The average Bonchev–Trinajstić information content (AvgIpc) is 2.95. The summed E-state index contributed by atoms with van der Waals surface area (Å²) < 4.78 is 0. The molecule has 0 N–H and O–H groups in total. The lowest BCUT2D eigenvalue weighted by molar-refractivity contribution is 0.101. The average molecular weight is 290 g/mol. The summed E-state index contributed by atoms with van der Waals surface area (Å²) in [6, 6.07) is 12.4. The van der Waals surface area contributed by atoms with E-state index in [9.17, 15) is 4.79 Å². The molecule has 0 aliphatic heterocycles. The second-order valence-electron chi connectivity index (χ2n) is 7.04. The van der Waals surface area contributed by atoms with Crippen LogP contribution >= 0.6 is 0 Å². The van der Waals surface area contributed by atoms with Gasteiger partial charge in [0.05, 0.1) is 0 Å². The van der Waals surface area contributed by atoms with Gasteiger partial charge in [0.25, 0.3) is 0 Å². The maximum absolute atomic E-state index is 12.3. The van der Waals surface area contributed by atoms with Gasteiger partial charge >= 0.3 is 0 Å². The molecule has 1 aliphatic carbocycles. The zero-order valence-corrected chi connectivity index (χ0v) is 13.7. The minimum absolute atomic E-state index is 0.0911. The molecule has 22 heavy (non-hydrogen) atoms. The van der Waals surface area contributed by atoms with E-state index in [2.05, 4.69) is 63.3 Å². The quantitative estimate of drug-likeness (QED) is 0.651. The van der Waals surface area contributed by atoms with Crippen LogP contribution in [0.3, 0.4) is 0 Å². The number of hydrogen-bond acceptors (Lipinski definition) is 1. The van der Waals surface area contributed by atoms with Crippen LogP contribution in [0.2, 0.25) is 0 Å². The van der Waals surface area contributed by atoms with E-state index in [0.29, 0.717) is 0 Å². The highest BCUT2D eigenvalue weighted by atomic mass is 16.1. The molecule has 0 saturated heterocycles. The Bertz CT molecular complexity index is 800. The number of hydrogen-bond donors (Lipinski definition) is 0. The maximum atomic E-state index is 12.3. The Balaban J connectivity index is 2.24. The van der Waals surface area contributed by atoms with Crippen LogP contribution in [-0.4, -0.2) is 5.78 Å².